The molecule has 1 fully saturated rings. The summed E-state index contributed by atoms with van der Waals surface area (Å²) in [5.41, 5.74) is 3.82. The molecule has 1 heterocycles. The van der Waals surface area contributed by atoms with Crippen molar-refractivity contribution in [3.05, 3.63) is 65.2 Å². The molecule has 0 bridgehead atoms. The fourth-order valence-corrected chi connectivity index (χ4v) is 5.89. The number of rotatable bonds is 6. The summed E-state index contributed by atoms with van der Waals surface area (Å²) in [6.45, 7) is 1.27. The largest absolute Gasteiger partial charge is 0.365 e. The molecule has 2 aromatic rings. The van der Waals surface area contributed by atoms with Crippen LogP contribution >= 0.6 is 0 Å². The van der Waals surface area contributed by atoms with E-state index < -0.39 is 10.2 Å². The second-order valence-electron chi connectivity index (χ2n) is 8.30. The molecular weight excluding hydrogens is 396 g/mol. The van der Waals surface area contributed by atoms with Crippen LogP contribution in [0.4, 0.5) is 5.69 Å². The lowest BCUT2D eigenvalue weighted by Crippen LogP contribution is -2.53. The fraction of sp³-hybridized carbons (Fsp3) is 0.435. The number of hydrogen-bond acceptors (Lipinski definition) is 4. The van der Waals surface area contributed by atoms with Crippen LogP contribution in [0.5, 0.6) is 0 Å². The molecule has 1 unspecified atom stereocenters. The molecular formula is C23H28N4O2S. The molecule has 4 rings (SSSR count). The summed E-state index contributed by atoms with van der Waals surface area (Å²) in [5, 5.41) is 9.29. The monoisotopic (exact) mass is 424 g/mol. The van der Waals surface area contributed by atoms with Gasteiger partial charge in [0.05, 0.1) is 11.6 Å². The van der Waals surface area contributed by atoms with Crippen molar-refractivity contribution in [3.63, 3.8) is 0 Å². The first-order valence-corrected chi connectivity index (χ1v) is 12.1. The van der Waals surface area contributed by atoms with Crippen molar-refractivity contribution in [1.29, 1.82) is 5.26 Å². The molecule has 1 aliphatic heterocycles. The molecule has 0 saturated heterocycles. The average molecular weight is 425 g/mol. The van der Waals surface area contributed by atoms with E-state index in [4.69, 9.17) is 0 Å². The molecule has 2 N–H and O–H groups in total. The lowest BCUT2D eigenvalue weighted by Gasteiger charge is -2.37. The molecule has 30 heavy (non-hydrogen) atoms. The molecule has 0 aromatic heterocycles. The van der Waals surface area contributed by atoms with Crippen molar-refractivity contribution < 1.29 is 8.42 Å². The van der Waals surface area contributed by atoms with Crippen LogP contribution in [-0.4, -0.2) is 27.0 Å². The number of nitriles is 1. The van der Waals surface area contributed by atoms with E-state index in [0.29, 0.717) is 25.1 Å². The lowest BCUT2D eigenvalue weighted by atomic mass is 9.96. The number of hydrogen-bond donors (Lipinski definition) is 2. The standard InChI is InChI=1S/C23H28N4O2S/c24-15-19-11-12-23-20(13-19)14-22(17-27(23)16-18-7-3-1-4-8-18)26-30(28,29)25-21-9-5-2-6-10-21/h1,3-4,7-8,11-13,21-22,25-26H,2,5-6,9-10,14,16-17H2. The van der Waals surface area contributed by atoms with Crippen LogP contribution in [0.2, 0.25) is 0 Å². The quantitative estimate of drug-likeness (QED) is 0.745. The first-order valence-electron chi connectivity index (χ1n) is 10.6. The Morgan fingerprint density at radius 1 is 1.00 bits per heavy atom. The minimum absolute atomic E-state index is 0.0257. The Bertz CT molecular complexity index is 1010. The highest BCUT2D eigenvalue weighted by Crippen LogP contribution is 2.30. The maximum Gasteiger partial charge on any atom is 0.277 e. The van der Waals surface area contributed by atoms with Crippen LogP contribution < -0.4 is 14.3 Å². The highest BCUT2D eigenvalue weighted by molar-refractivity contribution is 7.87. The third-order valence-electron chi connectivity index (χ3n) is 5.92. The molecule has 0 radical (unpaired) electrons. The average Bonchev–Trinajstić information content (AvgIpc) is 2.74. The van der Waals surface area contributed by atoms with E-state index in [1.807, 2.05) is 36.4 Å². The number of benzene rings is 2. The highest BCUT2D eigenvalue weighted by atomic mass is 32.2. The molecule has 0 amide bonds. The van der Waals surface area contributed by atoms with Gasteiger partial charge in [0.25, 0.3) is 10.2 Å². The highest BCUT2D eigenvalue weighted by Gasteiger charge is 2.29. The Labute approximate surface area is 179 Å². The van der Waals surface area contributed by atoms with E-state index in [1.54, 1.807) is 0 Å². The Morgan fingerprint density at radius 2 is 1.73 bits per heavy atom. The molecule has 158 valence electrons. The van der Waals surface area contributed by atoms with E-state index in [1.165, 1.54) is 6.42 Å². The van der Waals surface area contributed by atoms with E-state index in [9.17, 15) is 13.7 Å². The Balaban J connectivity index is 1.53. The van der Waals surface area contributed by atoms with Crippen LogP contribution in [0.25, 0.3) is 0 Å². The number of nitrogens with one attached hydrogen (secondary N) is 2. The maximum absolute atomic E-state index is 12.8. The number of anilines is 1. The van der Waals surface area contributed by atoms with Gasteiger partial charge in [0, 0.05) is 30.9 Å². The molecule has 2 aromatic carbocycles. The lowest BCUT2D eigenvalue weighted by molar-refractivity contribution is 0.407. The normalized spacial score (nSPS) is 19.8. The Hall–Kier alpha value is -2.40. The van der Waals surface area contributed by atoms with Gasteiger partial charge in [-0.3, -0.25) is 0 Å². The Kier molecular flexibility index (Phi) is 6.38. The van der Waals surface area contributed by atoms with Gasteiger partial charge in [-0.25, -0.2) is 0 Å². The molecule has 7 heteroatoms. The third-order valence-corrected chi connectivity index (χ3v) is 7.21. The maximum atomic E-state index is 12.8. The summed E-state index contributed by atoms with van der Waals surface area (Å²) in [6.07, 6.45) is 5.71. The van der Waals surface area contributed by atoms with Crippen molar-refractivity contribution in [2.24, 2.45) is 0 Å². The number of fused-ring (bicyclic) bond motifs is 1. The zero-order chi connectivity index (χ0) is 21.0. The minimum atomic E-state index is -3.59. The molecule has 2 aliphatic rings. The van der Waals surface area contributed by atoms with Gasteiger partial charge in [0.15, 0.2) is 0 Å². The summed E-state index contributed by atoms with van der Waals surface area (Å²) in [6, 6.07) is 17.8. The first-order chi connectivity index (χ1) is 14.5. The molecule has 1 atom stereocenters. The van der Waals surface area contributed by atoms with E-state index in [0.717, 1.165) is 42.5 Å². The smallest absolute Gasteiger partial charge is 0.277 e. The molecule has 6 nitrogen and oxygen atoms in total. The van der Waals surface area contributed by atoms with Gasteiger partial charge in [-0.05, 0) is 48.6 Å². The molecule has 0 spiro atoms. The topological polar surface area (TPSA) is 85.2 Å². The van der Waals surface area contributed by atoms with Crippen LogP contribution in [0, 0.1) is 11.3 Å². The SMILES string of the molecule is N#Cc1ccc2c(c1)CC(NS(=O)(=O)NC1CCCCC1)CN2Cc1ccccc1. The van der Waals surface area contributed by atoms with Gasteiger partial charge in [0.2, 0.25) is 0 Å². The second kappa shape index (κ2) is 9.17. The van der Waals surface area contributed by atoms with E-state index in [-0.39, 0.29) is 12.1 Å². The van der Waals surface area contributed by atoms with Crippen molar-refractivity contribution in [3.8, 4) is 6.07 Å². The van der Waals surface area contributed by atoms with E-state index >= 15 is 0 Å². The summed E-state index contributed by atoms with van der Waals surface area (Å²) in [7, 11) is -3.59. The summed E-state index contributed by atoms with van der Waals surface area (Å²) >= 11 is 0. The van der Waals surface area contributed by atoms with Gasteiger partial charge in [-0.1, -0.05) is 49.6 Å². The first kappa shape index (κ1) is 20.9. The van der Waals surface area contributed by atoms with Crippen LogP contribution in [0.15, 0.2) is 48.5 Å². The van der Waals surface area contributed by atoms with Crippen molar-refractivity contribution in [1.82, 2.24) is 9.44 Å². The zero-order valence-electron chi connectivity index (χ0n) is 17.0. The van der Waals surface area contributed by atoms with Crippen LogP contribution in [0.3, 0.4) is 0 Å². The Morgan fingerprint density at radius 3 is 2.47 bits per heavy atom. The summed E-state index contributed by atoms with van der Waals surface area (Å²) in [5.74, 6) is 0. The summed E-state index contributed by atoms with van der Waals surface area (Å²) in [4.78, 5) is 2.20. The zero-order valence-corrected chi connectivity index (χ0v) is 17.9. The second-order valence-corrected chi connectivity index (χ2v) is 9.77. The van der Waals surface area contributed by atoms with E-state index in [2.05, 4.69) is 32.5 Å². The molecule has 1 aliphatic carbocycles. The predicted octanol–water partition coefficient (Wildman–Crippen LogP) is 3.25. The van der Waals surface area contributed by atoms with Crippen LogP contribution in [0.1, 0.15) is 48.8 Å². The van der Waals surface area contributed by atoms with Crippen molar-refractivity contribution in [2.75, 3.05) is 11.4 Å². The van der Waals surface area contributed by atoms with Crippen molar-refractivity contribution in [2.45, 2.75) is 57.2 Å². The fourth-order valence-electron chi connectivity index (χ4n) is 4.55. The van der Waals surface area contributed by atoms with Crippen LogP contribution in [-0.2, 0) is 23.2 Å². The van der Waals surface area contributed by atoms with Gasteiger partial charge in [-0.2, -0.15) is 23.1 Å². The minimum Gasteiger partial charge on any atom is -0.365 e. The van der Waals surface area contributed by atoms with Gasteiger partial charge < -0.3 is 4.90 Å². The summed E-state index contributed by atoms with van der Waals surface area (Å²) < 4.78 is 31.3. The third kappa shape index (κ3) is 5.20. The molecule has 1 saturated carbocycles. The van der Waals surface area contributed by atoms with Gasteiger partial charge >= 0.3 is 0 Å². The van der Waals surface area contributed by atoms with Gasteiger partial charge in [0.1, 0.15) is 0 Å². The van der Waals surface area contributed by atoms with Crippen molar-refractivity contribution >= 4 is 15.9 Å². The van der Waals surface area contributed by atoms with Gasteiger partial charge in [-0.15, -0.1) is 0 Å². The number of nitrogens with zero attached hydrogens (tertiary/aromatic N) is 2. The predicted molar refractivity (Wildman–Crippen MR) is 118 cm³/mol.